The minimum absolute atomic E-state index is 0.259. The highest BCUT2D eigenvalue weighted by molar-refractivity contribution is 6.30. The first-order valence-electron chi connectivity index (χ1n) is 10.4. The van der Waals surface area contributed by atoms with Crippen LogP contribution in [0.15, 0.2) is 54.9 Å². The van der Waals surface area contributed by atoms with Crippen molar-refractivity contribution in [1.29, 1.82) is 0 Å². The monoisotopic (exact) mass is 435 g/mol. The Bertz CT molecular complexity index is 1120. The maximum Gasteiger partial charge on any atom is 0.327 e. The molecule has 8 heteroatoms. The average Bonchev–Trinajstić information content (AvgIpc) is 2.95. The minimum atomic E-state index is -0.259. The molecule has 0 spiro atoms. The molecule has 1 aromatic carbocycles. The number of halogens is 1. The summed E-state index contributed by atoms with van der Waals surface area (Å²) < 4.78 is 5.84. The van der Waals surface area contributed by atoms with Gasteiger partial charge in [0, 0.05) is 30.2 Å². The SMILES string of the molecule is O=C(Nc1cncc(N2CCC2)c1)N1CCCOc2ccc(-c3cccc(Cl)c3)nc21. The van der Waals surface area contributed by atoms with Crippen LogP contribution in [0.25, 0.3) is 11.3 Å². The Kier molecular flexibility index (Phi) is 5.34. The van der Waals surface area contributed by atoms with Crippen LogP contribution in [0.5, 0.6) is 5.75 Å². The van der Waals surface area contributed by atoms with E-state index in [4.69, 9.17) is 21.3 Å². The van der Waals surface area contributed by atoms with E-state index in [0.717, 1.165) is 30.0 Å². The molecule has 1 N–H and O–H groups in total. The third kappa shape index (κ3) is 4.14. The van der Waals surface area contributed by atoms with E-state index in [1.54, 1.807) is 11.1 Å². The fourth-order valence-corrected chi connectivity index (χ4v) is 3.88. The number of hydrogen-bond acceptors (Lipinski definition) is 5. The van der Waals surface area contributed by atoms with Gasteiger partial charge in [-0.05, 0) is 43.2 Å². The van der Waals surface area contributed by atoms with Crippen LogP contribution in [0.3, 0.4) is 0 Å². The number of urea groups is 1. The van der Waals surface area contributed by atoms with Gasteiger partial charge in [0.25, 0.3) is 0 Å². The van der Waals surface area contributed by atoms with E-state index in [1.807, 2.05) is 48.7 Å². The number of pyridine rings is 2. The average molecular weight is 436 g/mol. The first-order chi connectivity index (χ1) is 15.2. The van der Waals surface area contributed by atoms with Crippen molar-refractivity contribution in [2.75, 3.05) is 41.4 Å². The molecule has 0 unspecified atom stereocenters. The van der Waals surface area contributed by atoms with Crippen LogP contribution in [-0.4, -0.2) is 42.2 Å². The zero-order chi connectivity index (χ0) is 21.2. The lowest BCUT2D eigenvalue weighted by Crippen LogP contribution is -2.37. The largest absolute Gasteiger partial charge is 0.490 e. The van der Waals surface area contributed by atoms with Gasteiger partial charge in [-0.25, -0.2) is 9.78 Å². The van der Waals surface area contributed by atoms with Crippen LogP contribution in [0.1, 0.15) is 12.8 Å². The standard InChI is InChI=1S/C23H22ClN5O2/c24-17-5-1-4-16(12-17)20-6-7-21-22(27-20)29(10-3-11-31-21)23(30)26-18-13-19(15-25-14-18)28-8-2-9-28/h1,4-7,12-15H,2-3,8-11H2,(H,26,30). The molecular weight excluding hydrogens is 414 g/mol. The number of nitrogens with zero attached hydrogens (tertiary/aromatic N) is 4. The number of amides is 2. The summed E-state index contributed by atoms with van der Waals surface area (Å²) in [5.41, 5.74) is 3.29. The van der Waals surface area contributed by atoms with Crippen LogP contribution in [0, 0.1) is 0 Å². The maximum atomic E-state index is 13.2. The molecule has 2 aliphatic rings. The number of carbonyl (C=O) groups excluding carboxylic acids is 1. The van der Waals surface area contributed by atoms with Gasteiger partial charge in [-0.15, -0.1) is 0 Å². The molecule has 158 valence electrons. The van der Waals surface area contributed by atoms with Gasteiger partial charge in [-0.2, -0.15) is 0 Å². The lowest BCUT2D eigenvalue weighted by molar-refractivity contribution is 0.256. The smallest absolute Gasteiger partial charge is 0.327 e. The number of benzene rings is 1. The lowest BCUT2D eigenvalue weighted by atomic mass is 10.1. The van der Waals surface area contributed by atoms with E-state index in [2.05, 4.69) is 15.2 Å². The second-order valence-corrected chi connectivity index (χ2v) is 8.02. The van der Waals surface area contributed by atoms with Crippen molar-refractivity contribution in [3.8, 4) is 17.0 Å². The van der Waals surface area contributed by atoms with Gasteiger partial charge in [-0.1, -0.05) is 23.7 Å². The van der Waals surface area contributed by atoms with Crippen molar-refractivity contribution in [2.45, 2.75) is 12.8 Å². The van der Waals surface area contributed by atoms with Crippen LogP contribution in [0.4, 0.5) is 22.0 Å². The number of rotatable bonds is 3. The Morgan fingerprint density at radius 3 is 2.77 bits per heavy atom. The first-order valence-corrected chi connectivity index (χ1v) is 10.7. The molecular formula is C23H22ClN5O2. The quantitative estimate of drug-likeness (QED) is 0.638. The molecule has 0 aliphatic carbocycles. The highest BCUT2D eigenvalue weighted by atomic mass is 35.5. The molecule has 4 heterocycles. The van der Waals surface area contributed by atoms with Gasteiger partial charge < -0.3 is 15.0 Å². The van der Waals surface area contributed by atoms with E-state index in [1.165, 1.54) is 6.42 Å². The zero-order valence-corrected chi connectivity index (χ0v) is 17.7. The van der Waals surface area contributed by atoms with E-state index >= 15 is 0 Å². The summed E-state index contributed by atoms with van der Waals surface area (Å²) in [6.45, 7) is 3.07. The van der Waals surface area contributed by atoms with Gasteiger partial charge in [0.05, 0.1) is 36.1 Å². The molecule has 0 bridgehead atoms. The topological polar surface area (TPSA) is 70.6 Å². The third-order valence-corrected chi connectivity index (χ3v) is 5.68. The summed E-state index contributed by atoms with van der Waals surface area (Å²) in [6.07, 6.45) is 5.37. The predicted molar refractivity (Wildman–Crippen MR) is 122 cm³/mol. The van der Waals surface area contributed by atoms with E-state index in [0.29, 0.717) is 41.8 Å². The Morgan fingerprint density at radius 1 is 1.06 bits per heavy atom. The fourth-order valence-electron chi connectivity index (χ4n) is 3.69. The van der Waals surface area contributed by atoms with Crippen LogP contribution in [0.2, 0.25) is 5.02 Å². The van der Waals surface area contributed by atoms with Gasteiger partial charge in [0.1, 0.15) is 0 Å². The number of aromatic nitrogens is 2. The lowest BCUT2D eigenvalue weighted by Gasteiger charge is -2.33. The number of fused-ring (bicyclic) bond motifs is 1. The van der Waals surface area contributed by atoms with E-state index in [9.17, 15) is 4.79 Å². The minimum Gasteiger partial charge on any atom is -0.490 e. The molecule has 1 saturated heterocycles. The summed E-state index contributed by atoms with van der Waals surface area (Å²) in [6, 6.07) is 12.9. The molecule has 1 fully saturated rings. The summed E-state index contributed by atoms with van der Waals surface area (Å²) in [4.78, 5) is 26.1. The van der Waals surface area contributed by atoms with Crippen molar-refractivity contribution < 1.29 is 9.53 Å². The zero-order valence-electron chi connectivity index (χ0n) is 16.9. The molecule has 3 aromatic rings. The Hall–Kier alpha value is -3.32. The molecule has 2 amide bonds. The fraction of sp³-hybridized carbons (Fsp3) is 0.261. The molecule has 0 atom stereocenters. The van der Waals surface area contributed by atoms with Gasteiger partial charge in [0.15, 0.2) is 11.6 Å². The summed E-state index contributed by atoms with van der Waals surface area (Å²) in [7, 11) is 0. The molecule has 0 saturated carbocycles. The van der Waals surface area contributed by atoms with Crippen molar-refractivity contribution in [1.82, 2.24) is 9.97 Å². The number of hydrogen-bond donors (Lipinski definition) is 1. The molecule has 2 aromatic heterocycles. The molecule has 5 rings (SSSR count). The summed E-state index contributed by atoms with van der Waals surface area (Å²) >= 11 is 6.15. The summed E-state index contributed by atoms with van der Waals surface area (Å²) in [5, 5.41) is 3.61. The van der Waals surface area contributed by atoms with Crippen molar-refractivity contribution >= 4 is 34.8 Å². The number of carbonyl (C=O) groups is 1. The normalized spacial score (nSPS) is 15.4. The highest BCUT2D eigenvalue weighted by Crippen LogP contribution is 2.33. The van der Waals surface area contributed by atoms with Crippen LogP contribution in [-0.2, 0) is 0 Å². The highest BCUT2D eigenvalue weighted by Gasteiger charge is 2.25. The van der Waals surface area contributed by atoms with E-state index < -0.39 is 0 Å². The third-order valence-electron chi connectivity index (χ3n) is 5.44. The van der Waals surface area contributed by atoms with Gasteiger partial charge in [-0.3, -0.25) is 9.88 Å². The predicted octanol–water partition coefficient (Wildman–Crippen LogP) is 4.83. The van der Waals surface area contributed by atoms with Gasteiger partial charge >= 0.3 is 6.03 Å². The second kappa shape index (κ2) is 8.43. The van der Waals surface area contributed by atoms with Crippen molar-refractivity contribution in [3.63, 3.8) is 0 Å². The Labute approximate surface area is 185 Å². The first kappa shape index (κ1) is 19.6. The maximum absolute atomic E-state index is 13.2. The summed E-state index contributed by atoms with van der Waals surface area (Å²) in [5.74, 6) is 1.09. The molecule has 7 nitrogen and oxygen atoms in total. The van der Waals surface area contributed by atoms with Crippen molar-refractivity contribution in [3.05, 3.63) is 59.9 Å². The van der Waals surface area contributed by atoms with Crippen LogP contribution >= 0.6 is 11.6 Å². The number of nitrogens with one attached hydrogen (secondary N) is 1. The molecule has 0 radical (unpaired) electrons. The molecule has 2 aliphatic heterocycles. The Balaban J connectivity index is 1.43. The second-order valence-electron chi connectivity index (χ2n) is 7.58. The van der Waals surface area contributed by atoms with Gasteiger partial charge in [0.2, 0.25) is 0 Å². The van der Waals surface area contributed by atoms with Crippen molar-refractivity contribution in [2.24, 2.45) is 0 Å². The molecule has 31 heavy (non-hydrogen) atoms. The van der Waals surface area contributed by atoms with E-state index in [-0.39, 0.29) is 6.03 Å². The number of ether oxygens (including phenoxy) is 1. The van der Waals surface area contributed by atoms with Crippen LogP contribution < -0.4 is 19.9 Å². The Morgan fingerprint density at radius 2 is 1.97 bits per heavy atom. The number of anilines is 3.